The summed E-state index contributed by atoms with van der Waals surface area (Å²) in [4.78, 5) is 0. The van der Waals surface area contributed by atoms with Crippen LogP contribution in [0.5, 0.6) is 0 Å². The summed E-state index contributed by atoms with van der Waals surface area (Å²) in [5.74, 6) is -3.42. The third-order valence-corrected chi connectivity index (χ3v) is 2.64. The van der Waals surface area contributed by atoms with Gasteiger partial charge < -0.3 is 0 Å². The highest BCUT2D eigenvalue weighted by molar-refractivity contribution is 8.30. The molecule has 0 aromatic heterocycles. The Labute approximate surface area is 97.1 Å². The van der Waals surface area contributed by atoms with Gasteiger partial charge in [0.25, 0.3) is 5.92 Å². The number of rotatable bonds is 6. The Morgan fingerprint density at radius 1 is 1.07 bits per heavy atom. The minimum Gasteiger partial charge on any atom is -0.284 e. The van der Waals surface area contributed by atoms with Crippen LogP contribution in [-0.2, 0) is 48.3 Å². The highest BCUT2D eigenvalue weighted by atomic mass is 32.8. The van der Waals surface area contributed by atoms with Gasteiger partial charge in [0.15, 0.2) is 0 Å². The fraction of sp³-hybridized carbons (Fsp3) is 1.00. The monoisotopic (exact) mass is 300 g/mol. The van der Waals surface area contributed by atoms with Crippen molar-refractivity contribution in [2.24, 2.45) is 0 Å². The van der Waals surface area contributed by atoms with E-state index in [1.807, 2.05) is 0 Å². The van der Waals surface area contributed by atoms with Crippen LogP contribution in [0.2, 0.25) is 0 Å². The van der Waals surface area contributed by atoms with Crippen molar-refractivity contribution in [1.82, 2.24) is 0 Å². The Balaban J connectivity index is 4.21. The van der Waals surface area contributed by atoms with E-state index >= 15 is 0 Å². The van der Waals surface area contributed by atoms with E-state index in [2.05, 4.69) is 30.7 Å². The van der Waals surface area contributed by atoms with Crippen LogP contribution in [0, 0.1) is 0 Å². The number of alkyl halides is 2. The van der Waals surface area contributed by atoms with Crippen LogP contribution in [0.3, 0.4) is 0 Å². The summed E-state index contributed by atoms with van der Waals surface area (Å²) in [5.41, 5.74) is 0. The molecule has 4 nitrogen and oxygen atoms in total. The van der Waals surface area contributed by atoms with Crippen molar-refractivity contribution in [3.63, 3.8) is 0 Å². The predicted octanol–water partition coefficient (Wildman–Crippen LogP) is 0.237. The van der Waals surface area contributed by atoms with Crippen molar-refractivity contribution in [1.29, 1.82) is 0 Å². The van der Waals surface area contributed by atoms with Gasteiger partial charge in [0, 0.05) is 34.9 Å². The molecule has 0 saturated heterocycles. The molecule has 92 valence electrons. The van der Waals surface area contributed by atoms with Gasteiger partial charge in [-0.3, -0.25) is 8.37 Å². The average molecular weight is 300 g/mol. The first-order valence-corrected chi connectivity index (χ1v) is 9.11. The second-order valence-electron chi connectivity index (χ2n) is 2.79. The SMILES string of the molecule is CS(=O)(=S)OCC(F)(F)COS(C)(=O)=S. The molecule has 0 aliphatic heterocycles. The van der Waals surface area contributed by atoms with Crippen LogP contribution in [0.1, 0.15) is 0 Å². The van der Waals surface area contributed by atoms with Gasteiger partial charge in [-0.05, 0) is 0 Å². The first kappa shape index (κ1) is 15.5. The fourth-order valence-electron chi connectivity index (χ4n) is 0.428. The van der Waals surface area contributed by atoms with Gasteiger partial charge in [0.05, 0.1) is 0 Å². The van der Waals surface area contributed by atoms with E-state index in [4.69, 9.17) is 0 Å². The standard InChI is InChI=1S/C5H10F2O4S4/c1-14(8,12)10-3-5(6,7)4-11-15(2,9)13/h3-4H2,1-2H3. The molecule has 0 amide bonds. The summed E-state index contributed by atoms with van der Waals surface area (Å²) >= 11 is 8.53. The Hall–Kier alpha value is 0.520. The average Bonchev–Trinajstić information content (AvgIpc) is 1.96. The molecule has 0 spiro atoms. The number of hydrogen-bond donors (Lipinski definition) is 0. The third kappa shape index (κ3) is 10.8. The van der Waals surface area contributed by atoms with Crippen molar-refractivity contribution in [3.8, 4) is 0 Å². The molecule has 0 aliphatic carbocycles. The summed E-state index contributed by atoms with van der Waals surface area (Å²) in [6, 6.07) is 0. The van der Waals surface area contributed by atoms with Gasteiger partial charge in [0.2, 0.25) is 0 Å². The summed E-state index contributed by atoms with van der Waals surface area (Å²) < 4.78 is 55.8. The molecule has 2 atom stereocenters. The van der Waals surface area contributed by atoms with Crippen LogP contribution in [0.4, 0.5) is 8.78 Å². The zero-order chi connectivity index (χ0) is 12.3. The maximum absolute atomic E-state index is 12.9. The normalized spacial score (nSPS) is 20.5. The van der Waals surface area contributed by atoms with Gasteiger partial charge in [-0.2, -0.15) is 0 Å². The van der Waals surface area contributed by atoms with Gasteiger partial charge in [0.1, 0.15) is 30.8 Å². The van der Waals surface area contributed by atoms with Crippen LogP contribution < -0.4 is 0 Å². The lowest BCUT2D eigenvalue weighted by Gasteiger charge is -2.15. The molecule has 0 bridgehead atoms. The van der Waals surface area contributed by atoms with E-state index in [1.165, 1.54) is 0 Å². The van der Waals surface area contributed by atoms with Crippen molar-refractivity contribution < 1.29 is 25.6 Å². The molecule has 0 aromatic rings. The minimum atomic E-state index is -3.42. The smallest absolute Gasteiger partial charge is 0.284 e. The fourth-order valence-corrected chi connectivity index (χ4v) is 1.49. The molecule has 15 heavy (non-hydrogen) atoms. The first-order chi connectivity index (χ1) is 6.41. The number of hydrogen-bond acceptors (Lipinski definition) is 6. The second-order valence-corrected chi connectivity index (χ2v) is 9.71. The third-order valence-electron chi connectivity index (χ3n) is 0.968. The van der Waals surface area contributed by atoms with Crippen molar-refractivity contribution in [3.05, 3.63) is 0 Å². The maximum Gasteiger partial charge on any atom is 0.296 e. The molecule has 0 fully saturated rings. The molecule has 0 aliphatic rings. The van der Waals surface area contributed by atoms with Gasteiger partial charge >= 0.3 is 0 Å². The molecule has 0 radical (unpaired) electrons. The summed E-state index contributed by atoms with van der Waals surface area (Å²) in [6.45, 7) is -2.31. The highest BCUT2D eigenvalue weighted by Gasteiger charge is 2.32. The highest BCUT2D eigenvalue weighted by Crippen LogP contribution is 2.16. The molecule has 10 heteroatoms. The van der Waals surface area contributed by atoms with Crippen molar-refractivity contribution >= 4 is 39.9 Å². The van der Waals surface area contributed by atoms with Gasteiger partial charge in [-0.15, -0.1) is 0 Å². The Kier molecular flexibility index (Phi) is 5.41. The van der Waals surface area contributed by atoms with Crippen molar-refractivity contribution in [2.75, 3.05) is 25.7 Å². The molecular weight excluding hydrogens is 290 g/mol. The quantitative estimate of drug-likeness (QED) is 0.700. The van der Waals surface area contributed by atoms with Crippen LogP contribution in [0.25, 0.3) is 0 Å². The Bertz CT molecular complexity index is 361. The zero-order valence-electron chi connectivity index (χ0n) is 7.94. The van der Waals surface area contributed by atoms with E-state index < -0.39 is 36.7 Å². The topological polar surface area (TPSA) is 52.6 Å². The van der Waals surface area contributed by atoms with E-state index in [-0.39, 0.29) is 0 Å². The maximum atomic E-state index is 12.9. The summed E-state index contributed by atoms with van der Waals surface area (Å²) in [6.07, 6.45) is 2.02. The van der Waals surface area contributed by atoms with Crippen LogP contribution in [-0.4, -0.2) is 40.1 Å². The largest absolute Gasteiger partial charge is 0.296 e. The van der Waals surface area contributed by atoms with Crippen LogP contribution in [0.15, 0.2) is 0 Å². The Morgan fingerprint density at radius 3 is 1.53 bits per heavy atom. The lowest BCUT2D eigenvalue weighted by atomic mass is 10.4. The molecule has 0 heterocycles. The molecular formula is C5H10F2O4S4. The van der Waals surface area contributed by atoms with Gasteiger partial charge in [-0.25, -0.2) is 17.2 Å². The molecule has 0 saturated carbocycles. The van der Waals surface area contributed by atoms with Gasteiger partial charge in [-0.1, -0.05) is 0 Å². The molecule has 2 unspecified atom stereocenters. The predicted molar refractivity (Wildman–Crippen MR) is 59.7 cm³/mol. The Morgan fingerprint density at radius 2 is 1.33 bits per heavy atom. The number of halogens is 2. The minimum absolute atomic E-state index is 1.01. The first-order valence-electron chi connectivity index (χ1n) is 3.48. The van der Waals surface area contributed by atoms with Crippen molar-refractivity contribution in [2.45, 2.75) is 5.92 Å². The summed E-state index contributed by atoms with van der Waals surface area (Å²) in [7, 11) is -6.22. The van der Waals surface area contributed by atoms with E-state index in [0.29, 0.717) is 0 Å². The zero-order valence-corrected chi connectivity index (χ0v) is 11.2. The molecule has 0 aromatic carbocycles. The van der Waals surface area contributed by atoms with E-state index in [1.54, 1.807) is 0 Å². The lowest BCUT2D eigenvalue weighted by Crippen LogP contribution is -2.31. The van der Waals surface area contributed by atoms with E-state index in [0.717, 1.165) is 12.5 Å². The van der Waals surface area contributed by atoms with Crippen LogP contribution >= 0.6 is 0 Å². The van der Waals surface area contributed by atoms with E-state index in [9.17, 15) is 17.2 Å². The lowest BCUT2D eigenvalue weighted by molar-refractivity contribution is -0.0674. The molecule has 0 N–H and O–H groups in total. The molecule has 0 rings (SSSR count). The summed E-state index contributed by atoms with van der Waals surface area (Å²) in [5, 5.41) is 0. The second kappa shape index (κ2) is 5.23.